The van der Waals surface area contributed by atoms with Crippen LogP contribution in [-0.2, 0) is 34.8 Å². The van der Waals surface area contributed by atoms with Crippen LogP contribution in [0.5, 0.6) is 0 Å². The zero-order valence-corrected chi connectivity index (χ0v) is 26.1. The Bertz CT molecular complexity index is 1910. The number of carbonyl (C=O) groups is 1. The molecule has 0 amide bonds. The molecule has 1 aliphatic rings. The van der Waals surface area contributed by atoms with Crippen LogP contribution >= 0.6 is 11.6 Å². The fourth-order valence-electron chi connectivity index (χ4n) is 5.45. The fraction of sp³-hybridized carbons (Fsp3) is 0.303. The second-order valence-corrected chi connectivity index (χ2v) is 11.6. The maximum atomic E-state index is 14.1. The number of nitrogens with zero attached hydrogens (tertiary/aromatic N) is 5. The van der Waals surface area contributed by atoms with E-state index in [4.69, 9.17) is 25.6 Å². The van der Waals surface area contributed by atoms with Gasteiger partial charge in [-0.2, -0.15) is 26.3 Å². The summed E-state index contributed by atoms with van der Waals surface area (Å²) in [7, 11) is 0. The van der Waals surface area contributed by atoms with Gasteiger partial charge in [0.2, 0.25) is 5.76 Å². The SMILES string of the molecule is O=C(c1ccccc1Cl)c1c(CCOC2CCCCO2)noc1-c1nnn(Cc2cc(C(F)(F)F)cc(C(F)(F)F)c2)c1-c1ccncc1. The molecular formula is C33H26ClF6N5O4. The van der Waals surface area contributed by atoms with Crippen molar-refractivity contribution >= 4 is 17.4 Å². The smallest absolute Gasteiger partial charge is 0.353 e. The molecule has 5 aromatic rings. The lowest BCUT2D eigenvalue weighted by Crippen LogP contribution is -2.23. The highest BCUT2D eigenvalue weighted by Gasteiger charge is 2.37. The molecule has 0 spiro atoms. The molecule has 1 unspecified atom stereocenters. The van der Waals surface area contributed by atoms with Crippen molar-refractivity contribution in [2.45, 2.75) is 50.9 Å². The van der Waals surface area contributed by atoms with Crippen molar-refractivity contribution in [3.8, 4) is 22.7 Å². The van der Waals surface area contributed by atoms with E-state index in [0.717, 1.165) is 17.5 Å². The van der Waals surface area contributed by atoms with Gasteiger partial charge >= 0.3 is 12.4 Å². The molecule has 1 aliphatic heterocycles. The van der Waals surface area contributed by atoms with Crippen molar-refractivity contribution in [2.24, 2.45) is 0 Å². The summed E-state index contributed by atoms with van der Waals surface area (Å²) in [6.45, 7) is 0.141. The molecule has 0 aliphatic carbocycles. The number of halogens is 7. The number of rotatable bonds is 10. The van der Waals surface area contributed by atoms with Crippen LogP contribution in [0.25, 0.3) is 22.7 Å². The summed E-state index contributed by atoms with van der Waals surface area (Å²) in [5, 5.41) is 12.6. The third kappa shape index (κ3) is 7.68. The summed E-state index contributed by atoms with van der Waals surface area (Å²) in [5.74, 6) is -0.694. The van der Waals surface area contributed by atoms with E-state index < -0.39 is 42.1 Å². The number of aromatic nitrogens is 5. The van der Waals surface area contributed by atoms with Crippen molar-refractivity contribution in [1.29, 1.82) is 0 Å². The molecule has 3 aromatic heterocycles. The molecule has 0 radical (unpaired) electrons. The van der Waals surface area contributed by atoms with Crippen LogP contribution in [-0.4, -0.2) is 50.4 Å². The van der Waals surface area contributed by atoms with Gasteiger partial charge in [0.1, 0.15) is 5.69 Å². The first kappa shape index (κ1) is 34.3. The van der Waals surface area contributed by atoms with Crippen LogP contribution in [0, 0.1) is 0 Å². The number of carbonyl (C=O) groups excluding carboxylic acids is 1. The van der Waals surface area contributed by atoms with Crippen LogP contribution in [0.15, 0.2) is 71.5 Å². The first-order chi connectivity index (χ1) is 23.4. The third-order valence-corrected chi connectivity index (χ3v) is 8.10. The maximum absolute atomic E-state index is 14.1. The van der Waals surface area contributed by atoms with Gasteiger partial charge in [-0.1, -0.05) is 34.1 Å². The molecule has 0 N–H and O–H groups in total. The standard InChI is InChI=1S/C33H26ClF6N5O4/c34-24-6-2-1-5-23(24)30(46)27-25(10-14-48-26-7-3-4-13-47-26)43-49-31(27)28-29(20-8-11-41-12-9-20)45(44-42-28)18-19-15-21(32(35,36)37)17-22(16-19)33(38,39)40/h1-2,5-6,8-9,11-12,15-17,26H,3-4,7,10,13-14,18H2. The van der Waals surface area contributed by atoms with Crippen LogP contribution in [0.1, 0.15) is 57.6 Å². The number of ether oxygens (including phenoxy) is 2. The first-order valence-corrected chi connectivity index (χ1v) is 15.4. The van der Waals surface area contributed by atoms with Crippen LogP contribution in [0.2, 0.25) is 5.02 Å². The largest absolute Gasteiger partial charge is 0.416 e. The number of alkyl halides is 6. The summed E-state index contributed by atoms with van der Waals surface area (Å²) in [6.07, 6.45) is -4.94. The van der Waals surface area contributed by atoms with Gasteiger partial charge in [-0.25, -0.2) is 4.68 Å². The molecular weight excluding hydrogens is 680 g/mol. The third-order valence-electron chi connectivity index (χ3n) is 7.77. The molecule has 1 atom stereocenters. The molecule has 4 heterocycles. The summed E-state index contributed by atoms with van der Waals surface area (Å²) < 4.78 is 100. The van der Waals surface area contributed by atoms with Crippen molar-refractivity contribution < 1.29 is 45.1 Å². The number of hydrogen-bond acceptors (Lipinski definition) is 8. The van der Waals surface area contributed by atoms with Crippen molar-refractivity contribution in [2.75, 3.05) is 13.2 Å². The number of ketones is 1. The Hall–Kier alpha value is -4.60. The minimum Gasteiger partial charge on any atom is -0.353 e. The average molecular weight is 706 g/mol. The van der Waals surface area contributed by atoms with Gasteiger partial charge in [-0.05, 0) is 67.3 Å². The van der Waals surface area contributed by atoms with Gasteiger partial charge in [0.25, 0.3) is 0 Å². The molecule has 6 rings (SSSR count). The molecule has 1 fully saturated rings. The Morgan fingerprint density at radius 1 is 0.980 bits per heavy atom. The molecule has 1 saturated heterocycles. The Morgan fingerprint density at radius 3 is 2.35 bits per heavy atom. The van der Waals surface area contributed by atoms with E-state index in [-0.39, 0.29) is 63.6 Å². The molecule has 0 saturated carbocycles. The monoisotopic (exact) mass is 705 g/mol. The second-order valence-electron chi connectivity index (χ2n) is 11.2. The predicted molar refractivity (Wildman–Crippen MR) is 162 cm³/mol. The van der Waals surface area contributed by atoms with Crippen molar-refractivity contribution in [1.82, 2.24) is 25.1 Å². The predicted octanol–water partition coefficient (Wildman–Crippen LogP) is 8.05. The van der Waals surface area contributed by atoms with E-state index in [0.29, 0.717) is 30.7 Å². The van der Waals surface area contributed by atoms with Crippen molar-refractivity contribution in [3.63, 3.8) is 0 Å². The van der Waals surface area contributed by atoms with Gasteiger partial charge in [0.15, 0.2) is 17.8 Å². The topological polar surface area (TPSA) is 105 Å². The van der Waals surface area contributed by atoms with Gasteiger partial charge < -0.3 is 14.0 Å². The first-order valence-electron chi connectivity index (χ1n) is 15.0. The van der Waals surface area contributed by atoms with Crippen LogP contribution < -0.4 is 0 Å². The molecule has 256 valence electrons. The Morgan fingerprint density at radius 2 is 1.69 bits per heavy atom. The molecule has 16 heteroatoms. The van der Waals surface area contributed by atoms with E-state index in [1.165, 1.54) is 36.7 Å². The summed E-state index contributed by atoms with van der Waals surface area (Å²) in [4.78, 5) is 18.1. The Kier molecular flexibility index (Phi) is 9.86. The zero-order valence-electron chi connectivity index (χ0n) is 25.4. The Labute approximate surface area is 279 Å². The van der Waals surface area contributed by atoms with E-state index in [1.807, 2.05) is 0 Å². The number of benzene rings is 2. The van der Waals surface area contributed by atoms with Crippen molar-refractivity contribution in [3.05, 3.63) is 106 Å². The normalized spacial score (nSPS) is 15.4. The van der Waals surface area contributed by atoms with Crippen LogP contribution in [0.4, 0.5) is 26.3 Å². The average Bonchev–Trinajstić information content (AvgIpc) is 3.68. The maximum Gasteiger partial charge on any atom is 0.416 e. The minimum absolute atomic E-state index is 0.0120. The lowest BCUT2D eigenvalue weighted by molar-refractivity contribution is -0.161. The lowest BCUT2D eigenvalue weighted by atomic mass is 9.97. The number of hydrogen-bond donors (Lipinski definition) is 0. The van der Waals surface area contributed by atoms with Gasteiger partial charge in [0.05, 0.1) is 40.6 Å². The molecule has 2 aromatic carbocycles. The summed E-state index contributed by atoms with van der Waals surface area (Å²) in [6, 6.07) is 10.7. The minimum atomic E-state index is -5.05. The highest BCUT2D eigenvalue weighted by atomic mass is 35.5. The van der Waals surface area contributed by atoms with Gasteiger partial charge in [-0.3, -0.25) is 9.78 Å². The lowest BCUT2D eigenvalue weighted by Gasteiger charge is -2.22. The van der Waals surface area contributed by atoms with Gasteiger partial charge in [0, 0.05) is 36.5 Å². The van der Waals surface area contributed by atoms with E-state index in [2.05, 4.69) is 20.5 Å². The zero-order chi connectivity index (χ0) is 34.8. The molecule has 49 heavy (non-hydrogen) atoms. The Balaban J connectivity index is 1.45. The highest BCUT2D eigenvalue weighted by Crippen LogP contribution is 2.39. The fourth-order valence-corrected chi connectivity index (χ4v) is 5.68. The molecule has 0 bridgehead atoms. The summed E-state index contributed by atoms with van der Waals surface area (Å²) in [5.41, 5.74) is -2.51. The van der Waals surface area contributed by atoms with E-state index >= 15 is 0 Å². The van der Waals surface area contributed by atoms with Crippen LogP contribution in [0.3, 0.4) is 0 Å². The second kappa shape index (κ2) is 14.1. The number of pyridine rings is 1. The van der Waals surface area contributed by atoms with E-state index in [9.17, 15) is 31.1 Å². The quantitative estimate of drug-likeness (QED) is 0.106. The summed E-state index contributed by atoms with van der Waals surface area (Å²) >= 11 is 6.39. The van der Waals surface area contributed by atoms with E-state index in [1.54, 1.807) is 12.1 Å². The van der Waals surface area contributed by atoms with Gasteiger partial charge in [-0.15, -0.1) is 5.10 Å². The molecule has 9 nitrogen and oxygen atoms in total. The highest BCUT2D eigenvalue weighted by molar-refractivity contribution is 6.35.